The zero-order chi connectivity index (χ0) is 26.9. The molecule has 198 valence electrons. The number of ether oxygens (including phenoxy) is 1. The third-order valence-electron chi connectivity index (χ3n) is 7.55. The monoisotopic (exact) mass is 515 g/mol. The fraction of sp³-hybridized carbons (Fsp3) is 0.345. The topological polar surface area (TPSA) is 121 Å². The van der Waals surface area contributed by atoms with Crippen LogP contribution >= 0.6 is 0 Å². The van der Waals surface area contributed by atoms with E-state index < -0.39 is 0 Å². The third-order valence-corrected chi connectivity index (χ3v) is 7.55. The van der Waals surface area contributed by atoms with Crippen LogP contribution in [-0.4, -0.2) is 60.1 Å². The molecule has 0 radical (unpaired) electrons. The molecule has 3 heterocycles. The van der Waals surface area contributed by atoms with E-state index in [1.807, 2.05) is 37.1 Å². The summed E-state index contributed by atoms with van der Waals surface area (Å²) in [5.74, 6) is 0.293. The van der Waals surface area contributed by atoms with E-state index in [-0.39, 0.29) is 24.0 Å². The third kappa shape index (κ3) is 4.94. The number of piperidine rings is 1. The van der Waals surface area contributed by atoms with Gasteiger partial charge in [0.15, 0.2) is 0 Å². The van der Waals surface area contributed by atoms with Crippen molar-refractivity contribution in [3.05, 3.63) is 82.5 Å². The van der Waals surface area contributed by atoms with Crippen LogP contribution in [0.25, 0.3) is 0 Å². The van der Waals surface area contributed by atoms with Gasteiger partial charge in [-0.15, -0.1) is 0 Å². The van der Waals surface area contributed by atoms with Gasteiger partial charge in [0.1, 0.15) is 5.82 Å². The van der Waals surface area contributed by atoms with E-state index in [0.717, 1.165) is 29.7 Å². The number of aliphatic hydroxyl groups excluding tert-OH is 1. The van der Waals surface area contributed by atoms with E-state index in [1.54, 1.807) is 29.2 Å². The van der Waals surface area contributed by atoms with Gasteiger partial charge in [0, 0.05) is 49.8 Å². The molecule has 1 aromatic heterocycles. The number of aliphatic hydroxyl groups is 1. The van der Waals surface area contributed by atoms with Crippen molar-refractivity contribution >= 4 is 29.0 Å². The van der Waals surface area contributed by atoms with Crippen molar-refractivity contribution in [3.63, 3.8) is 0 Å². The van der Waals surface area contributed by atoms with Gasteiger partial charge in [0.05, 0.1) is 24.4 Å². The molecule has 1 saturated heterocycles. The van der Waals surface area contributed by atoms with E-state index in [9.17, 15) is 9.59 Å². The Labute approximate surface area is 222 Å². The van der Waals surface area contributed by atoms with Crippen LogP contribution in [0.5, 0.6) is 0 Å². The summed E-state index contributed by atoms with van der Waals surface area (Å²) in [5.41, 5.74) is 11.0. The maximum atomic E-state index is 13.4. The molecule has 38 heavy (non-hydrogen) atoms. The zero-order valence-electron chi connectivity index (χ0n) is 21.7. The number of hydrogen-bond acceptors (Lipinski definition) is 7. The summed E-state index contributed by atoms with van der Waals surface area (Å²) in [5, 5.41) is 12.0. The Hall–Kier alpha value is -3.95. The molecule has 9 heteroatoms. The number of rotatable bonds is 6. The quantitative estimate of drug-likeness (QED) is 0.431. The Morgan fingerprint density at radius 3 is 2.61 bits per heavy atom. The van der Waals surface area contributed by atoms with Crippen LogP contribution in [0.15, 0.2) is 54.7 Å². The lowest BCUT2D eigenvalue weighted by Gasteiger charge is -2.39. The average Bonchev–Trinajstić information content (AvgIpc) is 3.26. The highest BCUT2D eigenvalue weighted by Crippen LogP contribution is 2.44. The molecule has 0 aliphatic carbocycles. The van der Waals surface area contributed by atoms with Crippen molar-refractivity contribution in [2.45, 2.75) is 32.0 Å². The van der Waals surface area contributed by atoms with Crippen LogP contribution in [0.2, 0.25) is 0 Å². The van der Waals surface area contributed by atoms with Gasteiger partial charge >= 0.3 is 0 Å². The number of nitrogen functional groups attached to an aromatic ring is 1. The number of pyridine rings is 1. The summed E-state index contributed by atoms with van der Waals surface area (Å²) in [7, 11) is 1.82. The molecule has 2 aliphatic rings. The second-order valence-corrected chi connectivity index (χ2v) is 10.0. The maximum Gasteiger partial charge on any atom is 0.257 e. The summed E-state index contributed by atoms with van der Waals surface area (Å²) in [6.07, 6.45) is 2.95. The number of amides is 2. The van der Waals surface area contributed by atoms with E-state index in [2.05, 4.69) is 16.4 Å². The van der Waals surface area contributed by atoms with Gasteiger partial charge < -0.3 is 30.7 Å². The minimum atomic E-state index is -0.358. The molecular formula is C29H33N5O4. The van der Waals surface area contributed by atoms with Crippen LogP contribution in [0.4, 0.5) is 17.2 Å². The van der Waals surface area contributed by atoms with Crippen LogP contribution in [0, 0.1) is 6.92 Å². The maximum absolute atomic E-state index is 13.4. The predicted octanol–water partition coefficient (Wildman–Crippen LogP) is 3.31. The normalized spacial score (nSPS) is 15.8. The lowest BCUT2D eigenvalue weighted by atomic mass is 9.83. The van der Waals surface area contributed by atoms with Gasteiger partial charge in [0.2, 0.25) is 0 Å². The number of hydrogen-bond donors (Lipinski definition) is 3. The number of nitrogens with two attached hydrogens (primary N) is 1. The Kier molecular flexibility index (Phi) is 7.05. The van der Waals surface area contributed by atoms with E-state index in [0.29, 0.717) is 48.9 Å². The number of nitrogens with zero attached hydrogens (tertiary/aromatic N) is 3. The highest BCUT2D eigenvalue weighted by atomic mass is 16.5. The number of likely N-dealkylation sites (tertiary alicyclic amines) is 1. The Morgan fingerprint density at radius 1 is 1.13 bits per heavy atom. The molecule has 2 amide bonds. The number of aromatic nitrogens is 1. The van der Waals surface area contributed by atoms with Crippen LogP contribution in [0.1, 0.15) is 50.2 Å². The van der Waals surface area contributed by atoms with Gasteiger partial charge in [-0.25, -0.2) is 4.98 Å². The molecule has 2 aliphatic heterocycles. The summed E-state index contributed by atoms with van der Waals surface area (Å²) >= 11 is 0. The molecule has 2 aromatic carbocycles. The number of fused-ring (bicyclic) bond motifs is 2. The number of nitrogens with one attached hydrogen (secondary N) is 1. The molecule has 5 rings (SSSR count). The van der Waals surface area contributed by atoms with Crippen molar-refractivity contribution in [2.24, 2.45) is 0 Å². The summed E-state index contributed by atoms with van der Waals surface area (Å²) in [4.78, 5) is 34.3. The highest BCUT2D eigenvalue weighted by molar-refractivity contribution is 6.05. The van der Waals surface area contributed by atoms with Gasteiger partial charge in [-0.2, -0.15) is 0 Å². The fourth-order valence-electron chi connectivity index (χ4n) is 5.23. The molecule has 1 spiro atoms. The van der Waals surface area contributed by atoms with Crippen LogP contribution in [0.3, 0.4) is 0 Å². The first-order chi connectivity index (χ1) is 18.3. The van der Waals surface area contributed by atoms with E-state index in [1.165, 1.54) is 11.8 Å². The van der Waals surface area contributed by atoms with Gasteiger partial charge in [-0.1, -0.05) is 12.1 Å². The molecular weight excluding hydrogens is 482 g/mol. The van der Waals surface area contributed by atoms with Gasteiger partial charge in [-0.05, 0) is 72.9 Å². The summed E-state index contributed by atoms with van der Waals surface area (Å²) in [6, 6.07) is 14.8. The van der Waals surface area contributed by atoms with Crippen molar-refractivity contribution in [2.75, 3.05) is 49.2 Å². The first-order valence-corrected chi connectivity index (χ1v) is 12.8. The second-order valence-electron chi connectivity index (χ2n) is 10.0. The number of benzene rings is 2. The molecule has 0 saturated carbocycles. The second kappa shape index (κ2) is 10.4. The molecule has 9 nitrogen and oxygen atoms in total. The number of carbonyl (C=O) groups excluding carboxylic acids is 2. The predicted molar refractivity (Wildman–Crippen MR) is 146 cm³/mol. The fourth-order valence-corrected chi connectivity index (χ4v) is 5.23. The molecule has 4 N–H and O–H groups in total. The Bertz CT molecular complexity index is 1350. The van der Waals surface area contributed by atoms with E-state index >= 15 is 0 Å². The SMILES string of the molecule is Cc1ccc(C(=O)N2CCC3(CC2)OCc2cc(N)ccc23)cc1NC(=O)c1ccc(N(C)CCO)nc1. The number of likely N-dealkylation sites (N-methyl/N-ethyl adjacent to an activating group) is 1. The summed E-state index contributed by atoms with van der Waals surface area (Å²) in [6.45, 7) is 4.08. The standard InChI is InChI=1S/C29H33N5O4/c1-19-3-4-20(16-25(19)32-27(36)21-5-8-26(31-17-21)33(2)13-14-35)28(37)34-11-9-29(10-12-34)24-7-6-23(30)15-22(24)18-38-29/h3-8,15-17,35H,9-14,18,30H2,1-2H3,(H,32,36). The smallest absolute Gasteiger partial charge is 0.257 e. The summed E-state index contributed by atoms with van der Waals surface area (Å²) < 4.78 is 6.23. The molecule has 0 unspecified atom stereocenters. The van der Waals surface area contributed by atoms with Gasteiger partial charge in [-0.3, -0.25) is 9.59 Å². The van der Waals surface area contributed by atoms with Crippen molar-refractivity contribution < 1.29 is 19.4 Å². The van der Waals surface area contributed by atoms with E-state index in [4.69, 9.17) is 15.6 Å². The lowest BCUT2D eigenvalue weighted by Crippen LogP contribution is -2.45. The van der Waals surface area contributed by atoms with Crippen LogP contribution in [-0.2, 0) is 16.9 Å². The first kappa shape index (κ1) is 25.7. The van der Waals surface area contributed by atoms with Crippen molar-refractivity contribution in [1.82, 2.24) is 9.88 Å². The average molecular weight is 516 g/mol. The largest absolute Gasteiger partial charge is 0.399 e. The molecule has 1 fully saturated rings. The number of anilines is 3. The first-order valence-electron chi connectivity index (χ1n) is 12.8. The lowest BCUT2D eigenvalue weighted by molar-refractivity contribution is -0.0741. The molecule has 0 bridgehead atoms. The minimum absolute atomic E-state index is 0.0182. The Morgan fingerprint density at radius 2 is 1.89 bits per heavy atom. The molecule has 3 aromatic rings. The number of aryl methyl sites for hydroxylation is 1. The van der Waals surface area contributed by atoms with Crippen molar-refractivity contribution in [1.29, 1.82) is 0 Å². The number of carbonyl (C=O) groups is 2. The zero-order valence-corrected chi connectivity index (χ0v) is 21.7. The highest BCUT2D eigenvalue weighted by Gasteiger charge is 2.43. The van der Waals surface area contributed by atoms with Crippen LogP contribution < -0.4 is 16.0 Å². The van der Waals surface area contributed by atoms with Crippen molar-refractivity contribution in [3.8, 4) is 0 Å². The minimum Gasteiger partial charge on any atom is -0.399 e. The van der Waals surface area contributed by atoms with Gasteiger partial charge in [0.25, 0.3) is 11.8 Å². The molecule has 0 atom stereocenters. The Balaban J connectivity index is 1.25.